The molecule has 0 aromatic carbocycles. The van der Waals surface area contributed by atoms with Crippen molar-refractivity contribution in [3.05, 3.63) is 23.3 Å². The van der Waals surface area contributed by atoms with E-state index in [1.807, 2.05) is 20.8 Å². The van der Waals surface area contributed by atoms with Crippen molar-refractivity contribution in [2.45, 2.75) is 59.0 Å². The van der Waals surface area contributed by atoms with Gasteiger partial charge in [0.25, 0.3) is 0 Å². The predicted molar refractivity (Wildman–Crippen MR) is 80.6 cm³/mol. The summed E-state index contributed by atoms with van der Waals surface area (Å²) in [7, 11) is 1.69. The fourth-order valence-electron chi connectivity index (χ4n) is 2.08. The smallest absolute Gasteiger partial charge is 0.545 e. The van der Waals surface area contributed by atoms with Crippen molar-refractivity contribution < 1.29 is 83.7 Å². The van der Waals surface area contributed by atoms with Gasteiger partial charge in [0.05, 0.1) is 17.5 Å². The van der Waals surface area contributed by atoms with Gasteiger partial charge in [-0.2, -0.15) is 0 Å². The van der Waals surface area contributed by atoms with Gasteiger partial charge in [-0.3, -0.25) is 0 Å². The van der Waals surface area contributed by atoms with Gasteiger partial charge >= 0.3 is 59.1 Å². The Labute approximate surface area is 189 Å². The quantitative estimate of drug-likeness (QED) is 0.222. The minimum atomic E-state index is -1.42. The molecule has 0 bridgehead atoms. The van der Waals surface area contributed by atoms with E-state index in [0.717, 1.165) is 25.3 Å². The minimum Gasteiger partial charge on any atom is -0.545 e. The molecule has 0 aromatic rings. The van der Waals surface area contributed by atoms with Gasteiger partial charge in [-0.1, -0.05) is 25.8 Å². The molecule has 0 rings (SSSR count). The molecule has 0 radical (unpaired) electrons. The Hall–Kier alpha value is 0.380. The van der Waals surface area contributed by atoms with Crippen molar-refractivity contribution in [3.63, 3.8) is 0 Å². The van der Waals surface area contributed by atoms with E-state index < -0.39 is 11.9 Å². The summed E-state index contributed by atoms with van der Waals surface area (Å²) in [4.78, 5) is 21.6. The fourth-order valence-corrected chi connectivity index (χ4v) is 2.08. The number of allylic oxidation sites excluding steroid dienone is 1. The molecule has 0 saturated heterocycles. The maximum atomic E-state index is 11.1. The standard InChI is InChI=1S/C17H28O5.2Na/c1-12(7-6-10-17(3,4)22-5)8-9-14(16(20)21)13(2)11-15(18)19;;/h9,11-12H,6-8,10H2,1-5H3,(H,18,19)(H,20,21);;/q;2*+1/p-2. The minimum absolute atomic E-state index is 0. The summed E-state index contributed by atoms with van der Waals surface area (Å²) < 4.78 is 5.35. The van der Waals surface area contributed by atoms with E-state index in [1.54, 1.807) is 7.11 Å². The number of aliphatic carboxylic acids is 2. The Balaban J connectivity index is -0.00000220. The van der Waals surface area contributed by atoms with Crippen LogP contribution in [0.4, 0.5) is 0 Å². The summed E-state index contributed by atoms with van der Waals surface area (Å²) in [6.07, 6.45) is 5.68. The van der Waals surface area contributed by atoms with Crippen molar-refractivity contribution in [2.24, 2.45) is 5.92 Å². The van der Waals surface area contributed by atoms with Crippen molar-refractivity contribution in [1.82, 2.24) is 0 Å². The zero-order valence-corrected chi connectivity index (χ0v) is 20.1. The van der Waals surface area contributed by atoms with Gasteiger partial charge in [-0.25, -0.2) is 0 Å². The van der Waals surface area contributed by atoms with Crippen LogP contribution in [0, 0.1) is 5.92 Å². The van der Waals surface area contributed by atoms with Crippen molar-refractivity contribution in [3.8, 4) is 0 Å². The Morgan fingerprint density at radius 1 is 1.21 bits per heavy atom. The summed E-state index contributed by atoms with van der Waals surface area (Å²) in [6.45, 7) is 7.50. The molecule has 126 valence electrons. The van der Waals surface area contributed by atoms with Crippen molar-refractivity contribution >= 4 is 11.9 Å². The van der Waals surface area contributed by atoms with Gasteiger partial charge in [0.2, 0.25) is 0 Å². The van der Waals surface area contributed by atoms with Gasteiger partial charge in [0.1, 0.15) is 0 Å². The van der Waals surface area contributed by atoms with Crippen molar-refractivity contribution in [2.75, 3.05) is 7.11 Å². The second kappa shape index (κ2) is 14.5. The molecule has 0 heterocycles. The average molecular weight is 356 g/mol. The van der Waals surface area contributed by atoms with Crippen LogP contribution in [0.15, 0.2) is 23.3 Å². The van der Waals surface area contributed by atoms with Crippen LogP contribution in [0.1, 0.15) is 53.4 Å². The summed E-state index contributed by atoms with van der Waals surface area (Å²) in [5, 5.41) is 21.6. The van der Waals surface area contributed by atoms with Gasteiger partial charge in [-0.15, -0.1) is 0 Å². The van der Waals surface area contributed by atoms with Crippen LogP contribution in [0.25, 0.3) is 0 Å². The Morgan fingerprint density at radius 2 is 1.75 bits per heavy atom. The molecule has 0 aromatic heterocycles. The fraction of sp³-hybridized carbons (Fsp3) is 0.647. The third-order valence-electron chi connectivity index (χ3n) is 3.73. The molecule has 7 heteroatoms. The molecule has 0 aliphatic rings. The first-order chi connectivity index (χ1) is 10.1. The van der Waals surface area contributed by atoms with Crippen LogP contribution in [-0.4, -0.2) is 24.6 Å². The summed E-state index contributed by atoms with van der Waals surface area (Å²) in [5.74, 6) is -2.50. The molecule has 5 nitrogen and oxygen atoms in total. The van der Waals surface area contributed by atoms with Crippen molar-refractivity contribution in [1.29, 1.82) is 0 Å². The zero-order valence-electron chi connectivity index (χ0n) is 16.1. The van der Waals surface area contributed by atoms with Crippen LogP contribution in [0.5, 0.6) is 0 Å². The van der Waals surface area contributed by atoms with Gasteiger partial charge in [0, 0.05) is 7.11 Å². The topological polar surface area (TPSA) is 89.5 Å². The number of hydrogen-bond donors (Lipinski definition) is 0. The van der Waals surface area contributed by atoms with Crippen LogP contribution in [-0.2, 0) is 14.3 Å². The largest absolute Gasteiger partial charge is 1.00 e. The van der Waals surface area contributed by atoms with Crippen LogP contribution in [0.3, 0.4) is 0 Å². The average Bonchev–Trinajstić information content (AvgIpc) is 2.37. The molecule has 1 unspecified atom stereocenters. The van der Waals surface area contributed by atoms with Gasteiger partial charge in [0.15, 0.2) is 0 Å². The van der Waals surface area contributed by atoms with E-state index >= 15 is 0 Å². The summed E-state index contributed by atoms with van der Waals surface area (Å²) >= 11 is 0. The Morgan fingerprint density at radius 3 is 2.17 bits per heavy atom. The number of carboxylic acids is 2. The molecular formula is C17H26Na2O5. The zero-order chi connectivity index (χ0) is 17.3. The van der Waals surface area contributed by atoms with Crippen LogP contribution in [0.2, 0.25) is 0 Å². The maximum absolute atomic E-state index is 11.1. The van der Waals surface area contributed by atoms with E-state index in [-0.39, 0.29) is 81.8 Å². The predicted octanol–water partition coefficient (Wildman–Crippen LogP) is -5.01. The number of carbonyl (C=O) groups excluding carboxylic acids is 2. The third-order valence-corrected chi connectivity index (χ3v) is 3.73. The normalized spacial score (nSPS) is 13.5. The molecule has 0 fully saturated rings. The van der Waals surface area contributed by atoms with Gasteiger partial charge < -0.3 is 24.5 Å². The number of carboxylic acid groups (broad SMARTS) is 2. The number of hydrogen-bond acceptors (Lipinski definition) is 5. The molecule has 0 aliphatic heterocycles. The Kier molecular flexibility index (Phi) is 17.7. The molecule has 0 saturated carbocycles. The molecular weight excluding hydrogens is 330 g/mol. The summed E-state index contributed by atoms with van der Waals surface area (Å²) in [5.41, 5.74) is -0.111. The van der Waals surface area contributed by atoms with E-state index in [9.17, 15) is 19.8 Å². The first-order valence-corrected chi connectivity index (χ1v) is 7.45. The van der Waals surface area contributed by atoms with Crippen LogP contribution >= 0.6 is 0 Å². The van der Waals surface area contributed by atoms with Crippen LogP contribution < -0.4 is 69.3 Å². The number of carbonyl (C=O) groups is 2. The number of ether oxygens (including phenoxy) is 1. The summed E-state index contributed by atoms with van der Waals surface area (Å²) in [6, 6.07) is 0. The van der Waals surface area contributed by atoms with E-state index in [4.69, 9.17) is 4.74 Å². The van der Waals surface area contributed by atoms with Gasteiger partial charge in [-0.05, 0) is 56.8 Å². The second-order valence-corrected chi connectivity index (χ2v) is 6.25. The molecule has 0 aliphatic carbocycles. The number of methoxy groups -OCH3 is 1. The molecule has 24 heavy (non-hydrogen) atoms. The monoisotopic (exact) mass is 356 g/mol. The maximum Gasteiger partial charge on any atom is 1.00 e. The molecule has 0 N–H and O–H groups in total. The third kappa shape index (κ3) is 13.6. The molecule has 0 spiro atoms. The molecule has 1 atom stereocenters. The SMILES string of the molecule is COC(C)(C)CCCC(C)CC=C(C(=O)[O-])C(C)=CC(=O)[O-].[Na+].[Na+]. The van der Waals surface area contributed by atoms with E-state index in [2.05, 4.69) is 0 Å². The number of rotatable bonds is 10. The van der Waals surface area contributed by atoms with E-state index in [1.165, 1.54) is 13.0 Å². The Bertz CT molecular complexity index is 456. The first-order valence-electron chi connectivity index (χ1n) is 7.45. The van der Waals surface area contributed by atoms with E-state index in [0.29, 0.717) is 6.42 Å². The first kappa shape index (κ1) is 29.2. The second-order valence-electron chi connectivity index (χ2n) is 6.25. The molecule has 0 amide bonds.